The number of rotatable bonds is 7. The van der Waals surface area contributed by atoms with E-state index in [-0.39, 0.29) is 11.8 Å². The smallest absolute Gasteiger partial charge is 0.253 e. The summed E-state index contributed by atoms with van der Waals surface area (Å²) in [7, 11) is 3.41. The van der Waals surface area contributed by atoms with Crippen LogP contribution in [0.5, 0.6) is 5.88 Å². The van der Waals surface area contributed by atoms with E-state index in [1.165, 1.54) is 0 Å². The lowest BCUT2D eigenvalue weighted by atomic mass is 10.0. The number of imidazole rings is 1. The Hall–Kier alpha value is -4.10. The van der Waals surface area contributed by atoms with Gasteiger partial charge in [-0.3, -0.25) is 9.20 Å². The highest BCUT2D eigenvalue weighted by molar-refractivity contribution is 5.94. The molecule has 0 saturated carbocycles. The van der Waals surface area contributed by atoms with Crippen molar-refractivity contribution >= 4 is 22.3 Å². The number of hydrogen-bond acceptors (Lipinski definition) is 4. The molecule has 0 saturated heterocycles. The van der Waals surface area contributed by atoms with Gasteiger partial charge in [0.05, 0.1) is 12.3 Å². The molecular formula is C27H26N4O3. The number of nitrogens with zero attached hydrogens (tertiary/aromatic N) is 3. The second-order valence-electron chi connectivity index (χ2n) is 8.40. The van der Waals surface area contributed by atoms with Gasteiger partial charge in [0.1, 0.15) is 5.65 Å². The Morgan fingerprint density at radius 3 is 2.76 bits per heavy atom. The van der Waals surface area contributed by atoms with Gasteiger partial charge in [0.25, 0.3) is 5.91 Å². The number of carbonyl (C=O) groups excluding carboxylic acids is 1. The van der Waals surface area contributed by atoms with Gasteiger partial charge >= 0.3 is 0 Å². The number of pyridine rings is 1. The summed E-state index contributed by atoms with van der Waals surface area (Å²) in [5.41, 5.74) is 5.84. The van der Waals surface area contributed by atoms with Gasteiger partial charge in [-0.1, -0.05) is 24.3 Å². The van der Waals surface area contributed by atoms with Crippen LogP contribution in [0.2, 0.25) is 0 Å². The first-order valence-electron chi connectivity index (χ1n) is 11.1. The van der Waals surface area contributed by atoms with Gasteiger partial charge in [0.2, 0.25) is 0 Å². The van der Waals surface area contributed by atoms with Crippen molar-refractivity contribution in [2.24, 2.45) is 0 Å². The molecule has 5 rings (SSSR count). The minimum Gasteiger partial charge on any atom is -0.494 e. The monoisotopic (exact) mass is 454 g/mol. The molecular weight excluding hydrogens is 428 g/mol. The maximum absolute atomic E-state index is 12.6. The van der Waals surface area contributed by atoms with E-state index in [0.29, 0.717) is 25.1 Å². The highest BCUT2D eigenvalue weighted by Crippen LogP contribution is 2.30. The van der Waals surface area contributed by atoms with Crippen LogP contribution in [-0.2, 0) is 11.2 Å². The number of benzene rings is 2. The number of aromatic hydroxyl groups is 1. The van der Waals surface area contributed by atoms with E-state index in [0.717, 1.165) is 38.8 Å². The number of aromatic nitrogens is 3. The van der Waals surface area contributed by atoms with Crippen molar-refractivity contribution in [1.82, 2.24) is 19.3 Å². The molecule has 0 aliphatic rings. The molecule has 1 amide bonds. The van der Waals surface area contributed by atoms with E-state index in [2.05, 4.69) is 32.6 Å². The summed E-state index contributed by atoms with van der Waals surface area (Å²) in [5, 5.41) is 11.7. The highest BCUT2D eigenvalue weighted by Gasteiger charge is 2.13. The molecule has 0 aliphatic heterocycles. The van der Waals surface area contributed by atoms with Crippen LogP contribution in [0.3, 0.4) is 0 Å². The Morgan fingerprint density at radius 2 is 1.97 bits per heavy atom. The highest BCUT2D eigenvalue weighted by atomic mass is 16.5. The Labute approximate surface area is 197 Å². The predicted octanol–water partition coefficient (Wildman–Crippen LogP) is 4.50. The zero-order valence-corrected chi connectivity index (χ0v) is 19.2. The molecule has 172 valence electrons. The Balaban J connectivity index is 1.40. The lowest BCUT2D eigenvalue weighted by Crippen LogP contribution is -2.29. The van der Waals surface area contributed by atoms with Crippen LogP contribution in [0.1, 0.15) is 21.5 Å². The average Bonchev–Trinajstić information content (AvgIpc) is 3.50. The summed E-state index contributed by atoms with van der Waals surface area (Å²) in [6.45, 7) is 1.07. The molecule has 0 bridgehead atoms. The molecule has 7 heteroatoms. The standard InChI is InChI=1S/C27H26N4O3/c1-30(13-14-34-2)27(33)19-5-3-18(4-6-19)15-21-8-10-24(31-12-11-28-25(21)31)20-7-9-23-22(16-20)17-29-26(23)32/h3-12,16-17,29,32H,13-15H2,1-2H3. The van der Waals surface area contributed by atoms with Gasteiger partial charge in [-0.05, 0) is 47.0 Å². The van der Waals surface area contributed by atoms with Crippen molar-refractivity contribution in [3.8, 4) is 17.1 Å². The molecule has 0 radical (unpaired) electrons. The van der Waals surface area contributed by atoms with E-state index in [1.54, 1.807) is 31.5 Å². The SMILES string of the molecule is COCCN(C)C(=O)c1ccc(Cc2ccc(-c3ccc4c(O)[nH]cc4c3)n3ccnc23)cc1. The third-order valence-corrected chi connectivity index (χ3v) is 6.17. The molecule has 0 spiro atoms. The number of aromatic amines is 1. The Bertz CT molecular complexity index is 1470. The molecule has 2 N–H and O–H groups in total. The van der Waals surface area contributed by atoms with E-state index < -0.39 is 0 Å². The number of amides is 1. The molecule has 34 heavy (non-hydrogen) atoms. The van der Waals surface area contributed by atoms with Crippen LogP contribution >= 0.6 is 0 Å². The number of ether oxygens (including phenoxy) is 1. The number of hydrogen-bond donors (Lipinski definition) is 2. The third-order valence-electron chi connectivity index (χ3n) is 6.17. The van der Waals surface area contributed by atoms with Crippen molar-refractivity contribution in [2.75, 3.05) is 27.3 Å². The van der Waals surface area contributed by atoms with Crippen LogP contribution in [0, 0.1) is 0 Å². The van der Waals surface area contributed by atoms with Crippen LogP contribution in [0.15, 0.2) is 73.2 Å². The fourth-order valence-electron chi connectivity index (χ4n) is 4.26. The first-order valence-corrected chi connectivity index (χ1v) is 11.1. The van der Waals surface area contributed by atoms with Gasteiger partial charge in [0.15, 0.2) is 5.88 Å². The Morgan fingerprint density at radius 1 is 1.15 bits per heavy atom. The molecule has 5 aromatic rings. The normalized spacial score (nSPS) is 11.4. The second-order valence-corrected chi connectivity index (χ2v) is 8.40. The zero-order valence-electron chi connectivity index (χ0n) is 19.2. The topological polar surface area (TPSA) is 82.9 Å². The van der Waals surface area contributed by atoms with Crippen molar-refractivity contribution in [1.29, 1.82) is 0 Å². The van der Waals surface area contributed by atoms with Crippen LogP contribution < -0.4 is 0 Å². The lowest BCUT2D eigenvalue weighted by Gasteiger charge is -2.16. The number of nitrogens with one attached hydrogen (secondary N) is 1. The number of H-pyrrole nitrogens is 1. The number of carbonyl (C=O) groups is 1. The van der Waals surface area contributed by atoms with Gasteiger partial charge < -0.3 is 19.7 Å². The largest absolute Gasteiger partial charge is 0.494 e. The second kappa shape index (κ2) is 9.03. The lowest BCUT2D eigenvalue weighted by molar-refractivity contribution is 0.0744. The minimum atomic E-state index is -0.0173. The molecule has 0 fully saturated rings. The average molecular weight is 455 g/mol. The van der Waals surface area contributed by atoms with Crippen molar-refractivity contribution < 1.29 is 14.6 Å². The molecule has 0 atom stereocenters. The van der Waals surface area contributed by atoms with Crippen molar-refractivity contribution in [3.63, 3.8) is 0 Å². The number of likely N-dealkylation sites (N-methyl/N-ethyl adjacent to an activating group) is 1. The summed E-state index contributed by atoms with van der Waals surface area (Å²) in [5.74, 6) is 0.162. The van der Waals surface area contributed by atoms with Crippen molar-refractivity contribution in [2.45, 2.75) is 6.42 Å². The van der Waals surface area contributed by atoms with Crippen LogP contribution in [0.25, 0.3) is 27.7 Å². The number of methoxy groups -OCH3 is 1. The van der Waals surface area contributed by atoms with E-state index in [4.69, 9.17) is 4.74 Å². The van der Waals surface area contributed by atoms with Gasteiger partial charge in [-0.2, -0.15) is 0 Å². The maximum atomic E-state index is 12.6. The number of fused-ring (bicyclic) bond motifs is 2. The Kier molecular flexibility index (Phi) is 5.77. The van der Waals surface area contributed by atoms with E-state index >= 15 is 0 Å². The molecule has 2 aromatic carbocycles. The quantitative estimate of drug-likeness (QED) is 0.379. The first kappa shape index (κ1) is 21.7. The first-order chi connectivity index (χ1) is 16.5. The van der Waals surface area contributed by atoms with Gasteiger partial charge in [0, 0.05) is 62.0 Å². The summed E-state index contributed by atoms with van der Waals surface area (Å²) in [6.07, 6.45) is 6.28. The summed E-state index contributed by atoms with van der Waals surface area (Å²) >= 11 is 0. The molecule has 0 aliphatic carbocycles. The summed E-state index contributed by atoms with van der Waals surface area (Å²) in [4.78, 5) is 21.7. The van der Waals surface area contributed by atoms with Crippen LogP contribution in [-0.4, -0.2) is 57.6 Å². The van der Waals surface area contributed by atoms with Gasteiger partial charge in [-0.25, -0.2) is 4.98 Å². The minimum absolute atomic E-state index is 0.0173. The third kappa shape index (κ3) is 4.02. The maximum Gasteiger partial charge on any atom is 0.253 e. The summed E-state index contributed by atoms with van der Waals surface area (Å²) in [6, 6.07) is 17.9. The van der Waals surface area contributed by atoms with Gasteiger partial charge in [-0.15, -0.1) is 0 Å². The fraction of sp³-hybridized carbons (Fsp3) is 0.185. The van der Waals surface area contributed by atoms with E-state index in [9.17, 15) is 9.90 Å². The zero-order chi connectivity index (χ0) is 23.7. The predicted molar refractivity (Wildman–Crippen MR) is 132 cm³/mol. The molecule has 3 heterocycles. The molecule has 0 unspecified atom stereocenters. The van der Waals surface area contributed by atoms with Crippen molar-refractivity contribution in [3.05, 3.63) is 89.9 Å². The molecule has 7 nitrogen and oxygen atoms in total. The molecule has 3 aromatic heterocycles. The fourth-order valence-corrected chi connectivity index (χ4v) is 4.26. The van der Waals surface area contributed by atoms with Crippen LogP contribution in [0.4, 0.5) is 0 Å². The summed E-state index contributed by atoms with van der Waals surface area (Å²) < 4.78 is 7.14. The van der Waals surface area contributed by atoms with E-state index in [1.807, 2.05) is 42.6 Å².